The summed E-state index contributed by atoms with van der Waals surface area (Å²) in [6.07, 6.45) is 0.603. The van der Waals surface area contributed by atoms with Crippen molar-refractivity contribution in [2.75, 3.05) is 6.54 Å². The van der Waals surface area contributed by atoms with E-state index < -0.39 is 17.7 Å². The molecule has 1 fully saturated rings. The van der Waals surface area contributed by atoms with E-state index in [9.17, 15) is 14.7 Å². The van der Waals surface area contributed by atoms with Crippen LogP contribution in [0.1, 0.15) is 49.1 Å². The van der Waals surface area contributed by atoms with Crippen molar-refractivity contribution in [2.45, 2.75) is 38.6 Å². The van der Waals surface area contributed by atoms with Gasteiger partial charge in [0.2, 0.25) is 0 Å². The molecule has 174 valence electrons. The van der Waals surface area contributed by atoms with Crippen LogP contribution in [0.2, 0.25) is 5.02 Å². The number of hydrogen-bond donors (Lipinski definition) is 1. The zero-order valence-electron chi connectivity index (χ0n) is 19.6. The normalized spacial score (nSPS) is 17.9. The predicted octanol–water partition coefficient (Wildman–Crippen LogP) is 6.30. The van der Waals surface area contributed by atoms with Crippen LogP contribution in [0.3, 0.4) is 0 Å². The fourth-order valence-electron chi connectivity index (χ4n) is 4.28. The van der Waals surface area contributed by atoms with E-state index in [1.807, 2.05) is 54.6 Å². The highest BCUT2D eigenvalue weighted by atomic mass is 35.5. The molecule has 0 radical (unpaired) electrons. The van der Waals surface area contributed by atoms with Gasteiger partial charge in [0.25, 0.3) is 11.7 Å². The van der Waals surface area contributed by atoms with Crippen molar-refractivity contribution in [1.82, 2.24) is 4.90 Å². The fraction of sp³-hybridized carbons (Fsp3) is 0.241. The van der Waals surface area contributed by atoms with Gasteiger partial charge < -0.3 is 10.0 Å². The molecule has 1 amide bonds. The molecule has 4 nitrogen and oxygen atoms in total. The van der Waals surface area contributed by atoms with Crippen LogP contribution in [-0.4, -0.2) is 28.2 Å². The highest BCUT2D eigenvalue weighted by Gasteiger charge is 2.45. The maximum Gasteiger partial charge on any atom is 0.295 e. The van der Waals surface area contributed by atoms with Gasteiger partial charge in [-0.2, -0.15) is 0 Å². The number of aliphatic hydroxyl groups is 1. The minimum Gasteiger partial charge on any atom is -0.507 e. The Morgan fingerprint density at radius 2 is 1.53 bits per heavy atom. The number of hydrogen-bond acceptors (Lipinski definition) is 3. The molecule has 0 spiro atoms. The van der Waals surface area contributed by atoms with Gasteiger partial charge in [-0.15, -0.1) is 0 Å². The summed E-state index contributed by atoms with van der Waals surface area (Å²) in [6.45, 7) is 6.76. The molecule has 0 aromatic heterocycles. The SMILES string of the molecule is CC(C)(C)c1ccc(C2C(=C(O)c3ccc(Cl)cc3)C(=O)C(=O)N2CCc2ccccc2)cc1. The molecule has 1 heterocycles. The van der Waals surface area contributed by atoms with Crippen LogP contribution in [0.5, 0.6) is 0 Å². The number of amides is 1. The Kier molecular flexibility index (Phi) is 6.63. The lowest BCUT2D eigenvalue weighted by Gasteiger charge is -2.26. The first-order valence-corrected chi connectivity index (χ1v) is 11.7. The molecule has 0 bridgehead atoms. The van der Waals surface area contributed by atoms with Gasteiger partial charge in [0, 0.05) is 17.1 Å². The Labute approximate surface area is 205 Å². The van der Waals surface area contributed by atoms with Crippen LogP contribution >= 0.6 is 11.6 Å². The number of rotatable bonds is 5. The van der Waals surface area contributed by atoms with E-state index in [1.165, 1.54) is 0 Å². The number of ketones is 1. The van der Waals surface area contributed by atoms with Crippen LogP contribution in [0.25, 0.3) is 5.76 Å². The van der Waals surface area contributed by atoms with Gasteiger partial charge in [0.15, 0.2) is 0 Å². The summed E-state index contributed by atoms with van der Waals surface area (Å²) in [5, 5.41) is 11.7. The van der Waals surface area contributed by atoms with E-state index in [1.54, 1.807) is 29.2 Å². The standard InChI is InChI=1S/C29H28ClNO3/c1-29(2,3)22-13-9-20(10-14-22)25-24(26(32)21-11-15-23(30)16-12-21)27(33)28(34)31(25)18-17-19-7-5-4-6-8-19/h4-16,25,32H,17-18H2,1-3H3. The Balaban J connectivity index is 1.79. The molecule has 1 N–H and O–H groups in total. The van der Waals surface area contributed by atoms with Gasteiger partial charge in [-0.1, -0.05) is 87.0 Å². The van der Waals surface area contributed by atoms with E-state index in [-0.39, 0.29) is 16.7 Å². The number of carbonyl (C=O) groups excluding carboxylic acids is 2. The number of benzene rings is 3. The lowest BCUT2D eigenvalue weighted by atomic mass is 9.85. The molecule has 3 aromatic rings. The van der Waals surface area contributed by atoms with Crippen LogP contribution in [0, 0.1) is 0 Å². The van der Waals surface area contributed by atoms with Crippen molar-refractivity contribution in [1.29, 1.82) is 0 Å². The minimum absolute atomic E-state index is 0.0308. The van der Waals surface area contributed by atoms with Crippen LogP contribution in [0.15, 0.2) is 84.4 Å². The molecular formula is C29H28ClNO3. The van der Waals surface area contributed by atoms with E-state index in [0.717, 1.165) is 16.7 Å². The zero-order valence-corrected chi connectivity index (χ0v) is 20.3. The van der Waals surface area contributed by atoms with Gasteiger partial charge >= 0.3 is 0 Å². The fourth-order valence-corrected chi connectivity index (χ4v) is 4.41. The Morgan fingerprint density at radius 3 is 2.12 bits per heavy atom. The third-order valence-electron chi connectivity index (χ3n) is 6.23. The molecule has 1 atom stereocenters. The zero-order chi connectivity index (χ0) is 24.5. The van der Waals surface area contributed by atoms with Gasteiger partial charge in [0.05, 0.1) is 11.6 Å². The summed E-state index contributed by atoms with van der Waals surface area (Å²) >= 11 is 6.00. The third kappa shape index (κ3) is 4.78. The molecule has 5 heteroatoms. The summed E-state index contributed by atoms with van der Waals surface area (Å²) in [5.41, 5.74) is 3.53. The van der Waals surface area contributed by atoms with Gasteiger partial charge in [-0.3, -0.25) is 9.59 Å². The van der Waals surface area contributed by atoms with E-state index in [4.69, 9.17) is 11.6 Å². The van der Waals surface area contributed by atoms with E-state index in [0.29, 0.717) is 23.6 Å². The van der Waals surface area contributed by atoms with Crippen molar-refractivity contribution in [2.24, 2.45) is 0 Å². The number of halogens is 1. The van der Waals surface area contributed by atoms with Crippen LogP contribution in [-0.2, 0) is 21.4 Å². The maximum atomic E-state index is 13.2. The second-order valence-corrected chi connectivity index (χ2v) is 10.0. The first-order chi connectivity index (χ1) is 16.2. The average Bonchev–Trinajstić information content (AvgIpc) is 3.08. The van der Waals surface area contributed by atoms with Crippen molar-refractivity contribution in [3.05, 3.63) is 112 Å². The minimum atomic E-state index is -0.676. The first kappa shape index (κ1) is 23.8. The summed E-state index contributed by atoms with van der Waals surface area (Å²) in [4.78, 5) is 27.9. The number of carbonyl (C=O) groups is 2. The summed E-state index contributed by atoms with van der Waals surface area (Å²) in [5.74, 6) is -1.47. The monoisotopic (exact) mass is 473 g/mol. The number of likely N-dealkylation sites (tertiary alicyclic amines) is 1. The summed E-state index contributed by atoms with van der Waals surface area (Å²) in [6, 6.07) is 23.7. The van der Waals surface area contributed by atoms with Gasteiger partial charge in [-0.25, -0.2) is 0 Å². The molecule has 1 saturated heterocycles. The predicted molar refractivity (Wildman–Crippen MR) is 136 cm³/mol. The summed E-state index contributed by atoms with van der Waals surface area (Å²) < 4.78 is 0. The highest BCUT2D eigenvalue weighted by Crippen LogP contribution is 2.40. The van der Waals surface area contributed by atoms with Crippen LogP contribution < -0.4 is 0 Å². The lowest BCUT2D eigenvalue weighted by molar-refractivity contribution is -0.139. The molecule has 1 aliphatic rings. The number of nitrogens with zero attached hydrogens (tertiary/aromatic N) is 1. The van der Waals surface area contributed by atoms with Gasteiger partial charge in [0.1, 0.15) is 5.76 Å². The molecule has 3 aromatic carbocycles. The second kappa shape index (κ2) is 9.47. The highest BCUT2D eigenvalue weighted by molar-refractivity contribution is 6.46. The number of Topliss-reactive ketones (excluding diaryl/α,β-unsaturated/α-hetero) is 1. The largest absolute Gasteiger partial charge is 0.507 e. The topological polar surface area (TPSA) is 57.6 Å². The molecule has 1 unspecified atom stereocenters. The first-order valence-electron chi connectivity index (χ1n) is 11.4. The molecule has 1 aliphatic heterocycles. The van der Waals surface area contributed by atoms with Crippen LogP contribution in [0.4, 0.5) is 0 Å². The molecular weight excluding hydrogens is 446 g/mol. The van der Waals surface area contributed by atoms with Gasteiger partial charge in [-0.05, 0) is 52.8 Å². The second-order valence-electron chi connectivity index (χ2n) is 9.61. The summed E-state index contributed by atoms with van der Waals surface area (Å²) in [7, 11) is 0. The van der Waals surface area contributed by atoms with Crippen molar-refractivity contribution in [3.8, 4) is 0 Å². The maximum absolute atomic E-state index is 13.2. The Morgan fingerprint density at radius 1 is 0.912 bits per heavy atom. The van der Waals surface area contributed by atoms with Crippen molar-refractivity contribution >= 4 is 29.1 Å². The molecule has 4 rings (SSSR count). The Bertz CT molecular complexity index is 1220. The smallest absolute Gasteiger partial charge is 0.295 e. The molecule has 34 heavy (non-hydrogen) atoms. The van der Waals surface area contributed by atoms with Crippen molar-refractivity contribution in [3.63, 3.8) is 0 Å². The van der Waals surface area contributed by atoms with E-state index in [2.05, 4.69) is 20.8 Å². The average molecular weight is 474 g/mol. The third-order valence-corrected chi connectivity index (χ3v) is 6.49. The Hall–Kier alpha value is -3.37. The van der Waals surface area contributed by atoms with Crippen molar-refractivity contribution < 1.29 is 14.7 Å². The molecule has 0 aliphatic carbocycles. The number of aliphatic hydroxyl groups excluding tert-OH is 1. The lowest BCUT2D eigenvalue weighted by Crippen LogP contribution is -2.31. The quantitative estimate of drug-likeness (QED) is 0.268. The van der Waals surface area contributed by atoms with E-state index >= 15 is 0 Å². The molecule has 0 saturated carbocycles.